The summed E-state index contributed by atoms with van der Waals surface area (Å²) in [4.78, 5) is 8.26. The second-order valence-electron chi connectivity index (χ2n) is 7.07. The third-order valence-corrected chi connectivity index (χ3v) is 6.96. The fourth-order valence-electron chi connectivity index (χ4n) is 3.25. The third-order valence-electron chi connectivity index (χ3n) is 5.10. The number of halogens is 4. The number of sulfonamides is 1. The Balaban J connectivity index is 0.00000480. The van der Waals surface area contributed by atoms with Gasteiger partial charge in [0.25, 0.3) is 0 Å². The predicted octanol–water partition coefficient (Wildman–Crippen LogP) is 2.69. The van der Waals surface area contributed by atoms with Gasteiger partial charge in [-0.05, 0) is 31.5 Å². The molecule has 0 radical (unpaired) electrons. The second-order valence-corrected chi connectivity index (χ2v) is 9.44. The summed E-state index contributed by atoms with van der Waals surface area (Å²) in [5, 5.41) is 3.23. The number of piperazine rings is 1. The first-order valence-corrected chi connectivity index (χ1v) is 11.5. The van der Waals surface area contributed by atoms with Crippen LogP contribution in [0.5, 0.6) is 0 Å². The number of alkyl halides is 3. The van der Waals surface area contributed by atoms with E-state index in [1.54, 1.807) is 27.1 Å². The summed E-state index contributed by atoms with van der Waals surface area (Å²) in [6.07, 6.45) is -3.72. The van der Waals surface area contributed by atoms with Crippen LogP contribution in [0.15, 0.2) is 29.3 Å². The molecule has 1 heterocycles. The number of guanidine groups is 1. The highest BCUT2D eigenvalue weighted by molar-refractivity contribution is 14.0. The van der Waals surface area contributed by atoms with E-state index < -0.39 is 21.8 Å². The van der Waals surface area contributed by atoms with Crippen LogP contribution < -0.4 is 10.2 Å². The maximum Gasteiger partial charge on any atom is 0.416 e. The number of anilines is 1. The molecule has 2 rings (SSSR count). The van der Waals surface area contributed by atoms with E-state index in [2.05, 4.69) is 15.2 Å². The molecule has 1 aliphatic rings. The van der Waals surface area contributed by atoms with E-state index in [0.29, 0.717) is 57.3 Å². The van der Waals surface area contributed by atoms with Crippen molar-refractivity contribution in [3.05, 3.63) is 29.8 Å². The summed E-state index contributed by atoms with van der Waals surface area (Å²) in [5.41, 5.74) is -0.0810. The average molecular weight is 577 g/mol. The lowest BCUT2D eigenvalue weighted by atomic mass is 10.1. The molecule has 0 atom stereocenters. The molecule has 0 saturated carbocycles. The standard InChI is InChI=1S/C19H30F3N5O2S.HI/c1-4-30(28,29)25(3)10-6-9-24-18(23-2)27-13-11-26(12-14-27)17-8-5-7-16(15-17)19(20,21)22;/h5,7-8,15H,4,6,9-14H2,1-3H3,(H,23,24);1H. The van der Waals surface area contributed by atoms with Gasteiger partial charge < -0.3 is 15.1 Å². The molecule has 0 bridgehead atoms. The van der Waals surface area contributed by atoms with Crippen molar-refractivity contribution in [1.29, 1.82) is 0 Å². The van der Waals surface area contributed by atoms with Crippen molar-refractivity contribution in [2.24, 2.45) is 4.99 Å². The smallest absolute Gasteiger partial charge is 0.368 e. The van der Waals surface area contributed by atoms with Crippen LogP contribution in [0.4, 0.5) is 18.9 Å². The molecule has 0 aliphatic carbocycles. The Morgan fingerprint density at radius 1 is 1.23 bits per heavy atom. The van der Waals surface area contributed by atoms with Gasteiger partial charge in [0, 0.05) is 59.1 Å². The zero-order chi connectivity index (χ0) is 22.4. The molecule has 1 aliphatic heterocycles. The maximum atomic E-state index is 12.9. The Bertz CT molecular complexity index is 828. The second kappa shape index (κ2) is 12.1. The number of nitrogens with one attached hydrogen (secondary N) is 1. The molecule has 31 heavy (non-hydrogen) atoms. The van der Waals surface area contributed by atoms with Gasteiger partial charge in [0.2, 0.25) is 10.0 Å². The summed E-state index contributed by atoms with van der Waals surface area (Å²) >= 11 is 0. The van der Waals surface area contributed by atoms with E-state index >= 15 is 0 Å². The van der Waals surface area contributed by atoms with Gasteiger partial charge in [-0.1, -0.05) is 6.07 Å². The molecule has 1 aromatic carbocycles. The van der Waals surface area contributed by atoms with Crippen LogP contribution in [0, 0.1) is 0 Å². The van der Waals surface area contributed by atoms with Gasteiger partial charge in [-0.2, -0.15) is 13.2 Å². The molecule has 0 amide bonds. The molecular formula is C19H31F3IN5O2S. The summed E-state index contributed by atoms with van der Waals surface area (Å²) in [5.74, 6) is 0.786. The van der Waals surface area contributed by atoms with Crippen molar-refractivity contribution in [1.82, 2.24) is 14.5 Å². The van der Waals surface area contributed by atoms with Gasteiger partial charge in [-0.25, -0.2) is 12.7 Å². The van der Waals surface area contributed by atoms with Gasteiger partial charge in [0.05, 0.1) is 11.3 Å². The van der Waals surface area contributed by atoms with E-state index in [1.165, 1.54) is 16.4 Å². The van der Waals surface area contributed by atoms with Gasteiger partial charge >= 0.3 is 6.18 Å². The molecular weight excluding hydrogens is 546 g/mol. The van der Waals surface area contributed by atoms with Crippen LogP contribution in [0.2, 0.25) is 0 Å². The fraction of sp³-hybridized carbons (Fsp3) is 0.632. The van der Waals surface area contributed by atoms with Crippen LogP contribution >= 0.6 is 24.0 Å². The van der Waals surface area contributed by atoms with E-state index in [9.17, 15) is 21.6 Å². The lowest BCUT2D eigenvalue weighted by Gasteiger charge is -2.38. The van der Waals surface area contributed by atoms with Gasteiger partial charge in [-0.3, -0.25) is 4.99 Å². The normalized spacial score (nSPS) is 15.8. The topological polar surface area (TPSA) is 68.2 Å². The minimum Gasteiger partial charge on any atom is -0.368 e. The van der Waals surface area contributed by atoms with E-state index in [0.717, 1.165) is 6.07 Å². The minimum atomic E-state index is -4.35. The van der Waals surface area contributed by atoms with Gasteiger partial charge in [0.1, 0.15) is 0 Å². The van der Waals surface area contributed by atoms with Crippen molar-refractivity contribution in [3.63, 3.8) is 0 Å². The lowest BCUT2D eigenvalue weighted by Crippen LogP contribution is -2.52. The molecule has 178 valence electrons. The molecule has 1 fully saturated rings. The fourth-order valence-corrected chi connectivity index (χ4v) is 4.10. The van der Waals surface area contributed by atoms with E-state index in [4.69, 9.17) is 0 Å². The predicted molar refractivity (Wildman–Crippen MR) is 129 cm³/mol. The minimum absolute atomic E-state index is 0. The zero-order valence-corrected chi connectivity index (χ0v) is 21.2. The number of rotatable bonds is 7. The molecule has 1 saturated heterocycles. The quantitative estimate of drug-likeness (QED) is 0.234. The van der Waals surface area contributed by atoms with Crippen LogP contribution in [0.1, 0.15) is 18.9 Å². The van der Waals surface area contributed by atoms with Gasteiger partial charge in [-0.15, -0.1) is 24.0 Å². The summed E-state index contributed by atoms with van der Waals surface area (Å²) in [6, 6.07) is 5.39. The highest BCUT2D eigenvalue weighted by Crippen LogP contribution is 2.31. The van der Waals surface area contributed by atoms with E-state index in [-0.39, 0.29) is 29.7 Å². The lowest BCUT2D eigenvalue weighted by molar-refractivity contribution is -0.137. The number of benzene rings is 1. The first kappa shape index (κ1) is 27.8. The Morgan fingerprint density at radius 2 is 1.87 bits per heavy atom. The number of nitrogens with zero attached hydrogens (tertiary/aromatic N) is 4. The monoisotopic (exact) mass is 577 g/mol. The highest BCUT2D eigenvalue weighted by Gasteiger charge is 2.31. The summed E-state index contributed by atoms with van der Waals surface area (Å²) in [7, 11) is 0.0650. The third kappa shape index (κ3) is 7.97. The molecule has 7 nitrogen and oxygen atoms in total. The van der Waals surface area contributed by atoms with Gasteiger partial charge in [0.15, 0.2) is 5.96 Å². The Labute approximate surface area is 199 Å². The Hall–Kier alpha value is -1.28. The Morgan fingerprint density at radius 3 is 2.42 bits per heavy atom. The molecule has 12 heteroatoms. The van der Waals surface area contributed by atoms with Crippen LogP contribution in [0.3, 0.4) is 0 Å². The first-order chi connectivity index (χ1) is 14.1. The molecule has 0 unspecified atom stereocenters. The van der Waals surface area contributed by atoms with Crippen molar-refractivity contribution < 1.29 is 21.6 Å². The van der Waals surface area contributed by atoms with Crippen molar-refractivity contribution in [2.45, 2.75) is 19.5 Å². The molecule has 0 aromatic heterocycles. The molecule has 1 aromatic rings. The number of hydrogen-bond donors (Lipinski definition) is 1. The van der Waals surface area contributed by atoms with E-state index in [1.807, 2.05) is 4.90 Å². The molecule has 0 spiro atoms. The largest absolute Gasteiger partial charge is 0.416 e. The van der Waals surface area contributed by atoms with Crippen LogP contribution in [-0.4, -0.2) is 82.7 Å². The van der Waals surface area contributed by atoms with Crippen molar-refractivity contribution in [2.75, 3.05) is 64.0 Å². The molecule has 1 N–H and O–H groups in total. The highest BCUT2D eigenvalue weighted by atomic mass is 127. The Kier molecular flexibility index (Phi) is 10.8. The van der Waals surface area contributed by atoms with Crippen molar-refractivity contribution in [3.8, 4) is 0 Å². The summed E-state index contributed by atoms with van der Waals surface area (Å²) in [6.45, 7) is 5.03. The van der Waals surface area contributed by atoms with Crippen molar-refractivity contribution >= 4 is 45.6 Å². The number of hydrogen-bond acceptors (Lipinski definition) is 4. The summed E-state index contributed by atoms with van der Waals surface area (Å²) < 4.78 is 63.7. The average Bonchev–Trinajstić information content (AvgIpc) is 2.73. The first-order valence-electron chi connectivity index (χ1n) is 9.90. The maximum absolute atomic E-state index is 12.9. The SMILES string of the molecule is CCS(=O)(=O)N(C)CCCNC(=NC)N1CCN(c2cccc(C(F)(F)F)c2)CC1.I. The van der Waals surface area contributed by atoms with Crippen LogP contribution in [0.25, 0.3) is 0 Å². The zero-order valence-electron chi connectivity index (χ0n) is 18.0. The van der Waals surface area contributed by atoms with Crippen LogP contribution in [-0.2, 0) is 16.2 Å². The number of aliphatic imine (C=N–C) groups is 1.